The molecule has 1 aromatic heterocycles. The van der Waals surface area contributed by atoms with Gasteiger partial charge in [-0.25, -0.2) is 17.2 Å². The molecule has 4 N–H and O–H groups in total. The Balaban J connectivity index is 1.33. The number of carbonyl (C=O) groups excluding carboxylic acids is 1. The molecule has 36 heavy (non-hydrogen) atoms. The highest BCUT2D eigenvalue weighted by Gasteiger charge is 2.32. The maximum atomic E-state index is 13.7. The lowest BCUT2D eigenvalue weighted by atomic mass is 10.1. The number of aromatic nitrogens is 2. The molecule has 3 heterocycles. The van der Waals surface area contributed by atoms with Crippen molar-refractivity contribution in [3.05, 3.63) is 70.9 Å². The van der Waals surface area contributed by atoms with Gasteiger partial charge in [0.25, 0.3) is 5.91 Å². The molecule has 1 atom stereocenters. The minimum atomic E-state index is -4.16. The van der Waals surface area contributed by atoms with Crippen LogP contribution in [0.4, 0.5) is 20.3 Å². The number of hydrogen-bond acceptors (Lipinski definition) is 6. The van der Waals surface area contributed by atoms with Gasteiger partial charge >= 0.3 is 0 Å². The molecule has 9 nitrogen and oxygen atoms in total. The van der Waals surface area contributed by atoms with Gasteiger partial charge in [0.1, 0.15) is 11.6 Å². The van der Waals surface area contributed by atoms with E-state index in [4.69, 9.17) is 0 Å². The lowest BCUT2D eigenvalue weighted by Crippen LogP contribution is -2.36. The molecule has 1 fully saturated rings. The molecular weight excluding hydrogens is 490 g/mol. The Labute approximate surface area is 207 Å². The SMILES string of the molecule is O=C(Nc1n[nH]c2c1CN(S(=O)(=O)c1cc(F)cc(F)c1)CC2)c1ccccc1NC[C@@H]1CCCN1. The number of benzene rings is 2. The summed E-state index contributed by atoms with van der Waals surface area (Å²) in [6, 6.07) is 9.68. The minimum absolute atomic E-state index is 0.102. The van der Waals surface area contributed by atoms with Crippen molar-refractivity contribution in [1.29, 1.82) is 0 Å². The van der Waals surface area contributed by atoms with Gasteiger partial charge in [-0.05, 0) is 43.7 Å². The standard InChI is InChI=1S/C24H26F2N6O3S/c25-15-10-16(26)12-18(11-15)36(34,35)32-9-7-22-20(14-32)23(31-30-22)29-24(33)19-5-1-2-6-21(19)28-13-17-4-3-8-27-17/h1-2,5-6,10-12,17,27-28H,3-4,7-9,13-14H2,(H2,29,30,31,33)/t17-/m0/s1. The second-order valence-electron chi connectivity index (χ2n) is 8.90. The fourth-order valence-electron chi connectivity index (χ4n) is 4.58. The van der Waals surface area contributed by atoms with Gasteiger partial charge in [0, 0.05) is 55.1 Å². The number of amides is 1. The molecule has 0 unspecified atom stereocenters. The molecule has 0 aliphatic carbocycles. The molecule has 190 valence electrons. The number of rotatable bonds is 7. The zero-order chi connectivity index (χ0) is 25.3. The number of aromatic amines is 1. The molecule has 0 bridgehead atoms. The quantitative estimate of drug-likeness (QED) is 0.384. The summed E-state index contributed by atoms with van der Waals surface area (Å²) in [7, 11) is -4.16. The summed E-state index contributed by atoms with van der Waals surface area (Å²) in [6.07, 6.45) is 2.50. The van der Waals surface area contributed by atoms with Crippen LogP contribution in [0, 0.1) is 11.6 Å². The average Bonchev–Trinajstić information content (AvgIpc) is 3.52. The molecule has 0 saturated carbocycles. The number of carbonyl (C=O) groups is 1. The van der Waals surface area contributed by atoms with Gasteiger partial charge in [-0.15, -0.1) is 0 Å². The van der Waals surface area contributed by atoms with Gasteiger partial charge < -0.3 is 16.0 Å². The van der Waals surface area contributed by atoms with Gasteiger partial charge in [0.05, 0.1) is 10.5 Å². The molecule has 5 rings (SSSR count). The van der Waals surface area contributed by atoms with Crippen LogP contribution in [0.1, 0.15) is 34.5 Å². The van der Waals surface area contributed by atoms with E-state index in [1.54, 1.807) is 12.1 Å². The summed E-state index contributed by atoms with van der Waals surface area (Å²) in [5, 5.41) is 16.6. The number of H-pyrrole nitrogens is 1. The second-order valence-corrected chi connectivity index (χ2v) is 10.8. The highest BCUT2D eigenvalue weighted by atomic mass is 32.2. The van der Waals surface area contributed by atoms with E-state index in [-0.39, 0.29) is 24.8 Å². The maximum Gasteiger partial charge on any atom is 0.258 e. The van der Waals surface area contributed by atoms with E-state index in [1.807, 2.05) is 12.1 Å². The fraction of sp³-hybridized carbons (Fsp3) is 0.333. The van der Waals surface area contributed by atoms with Gasteiger partial charge in [-0.3, -0.25) is 9.89 Å². The summed E-state index contributed by atoms with van der Waals surface area (Å²) < 4.78 is 54.6. The predicted octanol–water partition coefficient (Wildman–Crippen LogP) is 2.85. The van der Waals surface area contributed by atoms with Crippen molar-refractivity contribution in [3.63, 3.8) is 0 Å². The molecular formula is C24H26F2N6O3S. The van der Waals surface area contributed by atoms with Gasteiger partial charge in [-0.2, -0.15) is 9.40 Å². The highest BCUT2D eigenvalue weighted by molar-refractivity contribution is 7.89. The van der Waals surface area contributed by atoms with E-state index in [9.17, 15) is 22.0 Å². The number of sulfonamides is 1. The van der Waals surface area contributed by atoms with Crippen LogP contribution in [-0.2, 0) is 23.0 Å². The number of anilines is 2. The summed E-state index contributed by atoms with van der Waals surface area (Å²) in [5.41, 5.74) is 2.32. The third-order valence-corrected chi connectivity index (χ3v) is 8.30. The Morgan fingerprint density at radius 2 is 1.94 bits per heavy atom. The molecule has 1 saturated heterocycles. The van der Waals surface area contributed by atoms with Crippen LogP contribution in [0.5, 0.6) is 0 Å². The van der Waals surface area contributed by atoms with Crippen LogP contribution in [0.2, 0.25) is 0 Å². The Morgan fingerprint density at radius 3 is 2.69 bits per heavy atom. The van der Waals surface area contributed by atoms with Gasteiger partial charge in [-0.1, -0.05) is 12.1 Å². The molecule has 2 aliphatic rings. The van der Waals surface area contributed by atoms with Crippen molar-refractivity contribution in [2.75, 3.05) is 30.3 Å². The second kappa shape index (κ2) is 9.96. The monoisotopic (exact) mass is 516 g/mol. The van der Waals surface area contributed by atoms with Crippen molar-refractivity contribution in [2.24, 2.45) is 0 Å². The normalized spacial score (nSPS) is 18.1. The van der Waals surface area contributed by atoms with Crippen LogP contribution in [-0.4, -0.2) is 54.5 Å². The first-order valence-corrected chi connectivity index (χ1v) is 13.2. The molecule has 12 heteroatoms. The van der Waals surface area contributed by atoms with Crippen molar-refractivity contribution >= 4 is 27.4 Å². The summed E-state index contributed by atoms with van der Waals surface area (Å²) in [4.78, 5) is 12.7. The summed E-state index contributed by atoms with van der Waals surface area (Å²) >= 11 is 0. The molecule has 1 amide bonds. The fourth-order valence-corrected chi connectivity index (χ4v) is 6.03. The van der Waals surface area contributed by atoms with Crippen LogP contribution < -0.4 is 16.0 Å². The molecule has 2 aliphatic heterocycles. The molecule has 0 radical (unpaired) electrons. The average molecular weight is 517 g/mol. The zero-order valence-electron chi connectivity index (χ0n) is 19.4. The molecule has 0 spiro atoms. The first-order valence-electron chi connectivity index (χ1n) is 11.7. The third kappa shape index (κ3) is 4.97. The van der Waals surface area contributed by atoms with Crippen molar-refractivity contribution in [1.82, 2.24) is 19.8 Å². The largest absolute Gasteiger partial charge is 0.383 e. The molecule has 3 aromatic rings. The number of nitrogens with zero attached hydrogens (tertiary/aromatic N) is 2. The van der Waals surface area contributed by atoms with E-state index in [0.717, 1.165) is 35.8 Å². The zero-order valence-corrected chi connectivity index (χ0v) is 20.2. The van der Waals surface area contributed by atoms with Crippen molar-refractivity contribution < 1.29 is 22.0 Å². The van der Waals surface area contributed by atoms with E-state index in [0.29, 0.717) is 47.6 Å². The number of halogens is 2. The molecule has 2 aromatic carbocycles. The van der Waals surface area contributed by atoms with Gasteiger partial charge in [0.2, 0.25) is 10.0 Å². The topological polar surface area (TPSA) is 119 Å². The number of nitrogens with one attached hydrogen (secondary N) is 4. The van der Waals surface area contributed by atoms with Crippen LogP contribution in [0.25, 0.3) is 0 Å². The minimum Gasteiger partial charge on any atom is -0.383 e. The lowest BCUT2D eigenvalue weighted by Gasteiger charge is -2.26. The number of fused-ring (bicyclic) bond motifs is 1. The van der Waals surface area contributed by atoms with Crippen LogP contribution in [0.15, 0.2) is 47.4 Å². The Hall–Kier alpha value is -3.35. The van der Waals surface area contributed by atoms with E-state index in [2.05, 4.69) is 26.1 Å². The first-order chi connectivity index (χ1) is 17.3. The third-order valence-electron chi connectivity index (χ3n) is 6.48. The van der Waals surface area contributed by atoms with Gasteiger partial charge in [0.15, 0.2) is 5.82 Å². The smallest absolute Gasteiger partial charge is 0.258 e. The number of para-hydroxylation sites is 1. The Bertz CT molecular complexity index is 1370. The summed E-state index contributed by atoms with van der Waals surface area (Å²) in [6.45, 7) is 1.68. The summed E-state index contributed by atoms with van der Waals surface area (Å²) in [5.74, 6) is -2.12. The van der Waals surface area contributed by atoms with Crippen molar-refractivity contribution in [2.45, 2.75) is 36.7 Å². The predicted molar refractivity (Wildman–Crippen MR) is 130 cm³/mol. The lowest BCUT2D eigenvalue weighted by molar-refractivity contribution is 0.102. The number of hydrogen-bond donors (Lipinski definition) is 4. The Morgan fingerprint density at radius 1 is 1.17 bits per heavy atom. The van der Waals surface area contributed by atoms with Crippen LogP contribution in [0.3, 0.4) is 0 Å². The van der Waals surface area contributed by atoms with E-state index in [1.165, 1.54) is 0 Å². The maximum absolute atomic E-state index is 13.7. The van der Waals surface area contributed by atoms with E-state index >= 15 is 0 Å². The first kappa shape index (κ1) is 24.3. The van der Waals surface area contributed by atoms with E-state index < -0.39 is 26.6 Å². The van der Waals surface area contributed by atoms with Crippen molar-refractivity contribution in [3.8, 4) is 0 Å². The highest BCUT2D eigenvalue weighted by Crippen LogP contribution is 2.29. The Kier molecular flexibility index (Phi) is 6.73. The van der Waals surface area contributed by atoms with Crippen LogP contribution >= 0.6 is 0 Å².